The van der Waals surface area contributed by atoms with Gasteiger partial charge in [0.15, 0.2) is 11.6 Å². The summed E-state index contributed by atoms with van der Waals surface area (Å²) in [4.78, 5) is 18.2. The van der Waals surface area contributed by atoms with Gasteiger partial charge in [0.25, 0.3) is 5.69 Å². The maximum Gasteiger partial charge on any atom is 0.269 e. The number of nitro benzene ring substituents is 1. The van der Waals surface area contributed by atoms with E-state index in [0.29, 0.717) is 30.3 Å². The maximum absolute atomic E-state index is 14.1. The maximum atomic E-state index is 14.1. The van der Waals surface area contributed by atoms with E-state index in [9.17, 15) is 14.5 Å². The number of halogens is 1. The lowest BCUT2D eigenvalue weighted by Crippen LogP contribution is -2.05. The summed E-state index contributed by atoms with van der Waals surface area (Å²) in [5.74, 6) is 0.156. The first-order valence-corrected chi connectivity index (χ1v) is 8.58. The molecule has 0 saturated heterocycles. The molecule has 0 saturated carbocycles. The summed E-state index contributed by atoms with van der Waals surface area (Å²) < 4.78 is 24.5. The van der Waals surface area contributed by atoms with Gasteiger partial charge in [0.2, 0.25) is 5.95 Å². The molecule has 29 heavy (non-hydrogen) atoms. The summed E-state index contributed by atoms with van der Waals surface area (Å²) in [6, 6.07) is 12.7. The zero-order valence-corrected chi connectivity index (χ0v) is 15.5. The number of methoxy groups -OCH3 is 1. The lowest BCUT2D eigenvalue weighted by Gasteiger charge is -2.10. The number of hydrogen-bond acceptors (Lipinski definition) is 8. The molecule has 1 aromatic heterocycles. The topological polar surface area (TPSA) is 111 Å². The Labute approximate surface area is 165 Å². The van der Waals surface area contributed by atoms with Crippen LogP contribution in [0.1, 0.15) is 0 Å². The van der Waals surface area contributed by atoms with Crippen molar-refractivity contribution in [2.24, 2.45) is 0 Å². The predicted molar refractivity (Wildman–Crippen MR) is 105 cm³/mol. The molecule has 0 fully saturated rings. The van der Waals surface area contributed by atoms with Gasteiger partial charge in [-0.15, -0.1) is 0 Å². The third-order valence-electron chi connectivity index (χ3n) is 3.75. The van der Waals surface area contributed by atoms with Gasteiger partial charge in [-0.3, -0.25) is 10.1 Å². The number of non-ortho nitro benzene ring substituents is 1. The van der Waals surface area contributed by atoms with Crippen molar-refractivity contribution in [1.29, 1.82) is 0 Å². The molecule has 10 heteroatoms. The monoisotopic (exact) mass is 399 g/mol. The largest absolute Gasteiger partial charge is 0.491 e. The highest BCUT2D eigenvalue weighted by atomic mass is 19.1. The summed E-state index contributed by atoms with van der Waals surface area (Å²) in [7, 11) is 1.60. The number of nitro groups is 1. The molecule has 9 nitrogen and oxygen atoms in total. The summed E-state index contributed by atoms with van der Waals surface area (Å²) in [6.45, 7) is 0.940. The molecule has 2 N–H and O–H groups in total. The zero-order valence-electron chi connectivity index (χ0n) is 15.5. The van der Waals surface area contributed by atoms with Crippen LogP contribution in [0.15, 0.2) is 54.7 Å². The first-order chi connectivity index (χ1) is 14.0. The van der Waals surface area contributed by atoms with Gasteiger partial charge >= 0.3 is 0 Å². The normalized spacial score (nSPS) is 10.4. The van der Waals surface area contributed by atoms with Crippen LogP contribution >= 0.6 is 0 Å². The smallest absolute Gasteiger partial charge is 0.269 e. The van der Waals surface area contributed by atoms with Crippen LogP contribution in [0.4, 0.5) is 33.2 Å². The van der Waals surface area contributed by atoms with E-state index in [2.05, 4.69) is 20.6 Å². The van der Waals surface area contributed by atoms with Crippen LogP contribution in [0.25, 0.3) is 0 Å². The lowest BCUT2D eigenvalue weighted by atomic mass is 10.3. The molecule has 0 radical (unpaired) electrons. The van der Waals surface area contributed by atoms with Crippen molar-refractivity contribution in [2.45, 2.75) is 0 Å². The van der Waals surface area contributed by atoms with Gasteiger partial charge in [-0.05, 0) is 36.4 Å². The minimum atomic E-state index is -0.657. The van der Waals surface area contributed by atoms with Gasteiger partial charge in [-0.1, -0.05) is 0 Å². The Morgan fingerprint density at radius 3 is 2.34 bits per heavy atom. The Balaban J connectivity index is 1.67. The Morgan fingerprint density at radius 2 is 1.69 bits per heavy atom. The fourth-order valence-corrected chi connectivity index (χ4v) is 2.32. The lowest BCUT2D eigenvalue weighted by molar-refractivity contribution is -0.384. The van der Waals surface area contributed by atoms with E-state index in [1.165, 1.54) is 24.3 Å². The number of nitrogens with zero attached hydrogens (tertiary/aromatic N) is 3. The quantitative estimate of drug-likeness (QED) is 0.315. The van der Waals surface area contributed by atoms with Crippen LogP contribution in [-0.4, -0.2) is 35.2 Å². The first kappa shape index (κ1) is 20.0. The molecule has 3 rings (SSSR count). The zero-order chi connectivity index (χ0) is 20.6. The van der Waals surface area contributed by atoms with Gasteiger partial charge in [0, 0.05) is 30.6 Å². The number of nitrogens with one attached hydrogen (secondary N) is 2. The second-order valence-electron chi connectivity index (χ2n) is 5.81. The Bertz CT molecular complexity index is 967. The van der Waals surface area contributed by atoms with Crippen LogP contribution in [0, 0.1) is 15.9 Å². The van der Waals surface area contributed by atoms with E-state index in [-0.39, 0.29) is 17.5 Å². The standard InChI is InChI=1S/C19H18FN5O4/c1-28-10-11-29-16-8-4-14(5-9-16)23-19-21-12-17(20)18(24-19)22-13-2-6-15(7-3-13)25(26)27/h2-9,12H,10-11H2,1H3,(H2,21,22,23,24). The van der Waals surface area contributed by atoms with Crippen molar-refractivity contribution >= 4 is 28.8 Å². The molecule has 0 spiro atoms. The molecule has 2 aromatic carbocycles. The van der Waals surface area contributed by atoms with Crippen LogP contribution < -0.4 is 15.4 Å². The van der Waals surface area contributed by atoms with Crippen LogP contribution in [0.3, 0.4) is 0 Å². The number of hydrogen-bond donors (Lipinski definition) is 2. The molecule has 0 bridgehead atoms. The first-order valence-electron chi connectivity index (χ1n) is 8.58. The number of ether oxygens (including phenoxy) is 2. The Hall–Kier alpha value is -3.79. The molecule has 0 atom stereocenters. The third-order valence-corrected chi connectivity index (χ3v) is 3.75. The second-order valence-corrected chi connectivity index (χ2v) is 5.81. The molecule has 3 aromatic rings. The minimum Gasteiger partial charge on any atom is -0.491 e. The van der Waals surface area contributed by atoms with Crippen molar-refractivity contribution < 1.29 is 18.8 Å². The molecular formula is C19H18FN5O4. The SMILES string of the molecule is COCCOc1ccc(Nc2ncc(F)c(Nc3ccc([N+](=O)[O-])cc3)n2)cc1. The molecule has 0 aliphatic rings. The van der Waals surface area contributed by atoms with E-state index in [1.807, 2.05) is 0 Å². The second kappa shape index (κ2) is 9.42. The predicted octanol–water partition coefficient (Wildman–Crippen LogP) is 4.04. The summed E-state index contributed by atoms with van der Waals surface area (Å²) in [6.07, 6.45) is 1.03. The van der Waals surface area contributed by atoms with Gasteiger partial charge < -0.3 is 20.1 Å². The van der Waals surface area contributed by atoms with Gasteiger partial charge in [-0.2, -0.15) is 4.98 Å². The molecule has 0 aliphatic heterocycles. The van der Waals surface area contributed by atoms with Crippen LogP contribution in [0.5, 0.6) is 5.75 Å². The van der Waals surface area contributed by atoms with Gasteiger partial charge in [-0.25, -0.2) is 9.37 Å². The molecule has 0 aliphatic carbocycles. The van der Waals surface area contributed by atoms with Crippen molar-refractivity contribution in [3.05, 3.63) is 70.7 Å². The van der Waals surface area contributed by atoms with E-state index in [4.69, 9.17) is 9.47 Å². The number of benzene rings is 2. The highest BCUT2D eigenvalue weighted by molar-refractivity contribution is 5.61. The fraction of sp³-hybridized carbons (Fsp3) is 0.158. The summed E-state index contributed by atoms with van der Waals surface area (Å²) in [5, 5.41) is 16.5. The van der Waals surface area contributed by atoms with Crippen molar-refractivity contribution in [3.63, 3.8) is 0 Å². The van der Waals surface area contributed by atoms with Crippen molar-refractivity contribution in [1.82, 2.24) is 9.97 Å². The molecule has 0 unspecified atom stereocenters. The fourth-order valence-electron chi connectivity index (χ4n) is 2.32. The number of rotatable bonds is 9. The molecular weight excluding hydrogens is 381 g/mol. The Kier molecular flexibility index (Phi) is 6.48. The third kappa shape index (κ3) is 5.59. The van der Waals surface area contributed by atoms with E-state index in [1.54, 1.807) is 31.4 Å². The molecule has 150 valence electrons. The minimum absolute atomic E-state index is 0.0594. The summed E-state index contributed by atoms with van der Waals surface area (Å²) in [5.41, 5.74) is 1.09. The van der Waals surface area contributed by atoms with E-state index in [0.717, 1.165) is 6.20 Å². The van der Waals surface area contributed by atoms with Crippen molar-refractivity contribution in [2.75, 3.05) is 31.0 Å². The van der Waals surface area contributed by atoms with Gasteiger partial charge in [0.1, 0.15) is 12.4 Å². The highest BCUT2D eigenvalue weighted by Crippen LogP contribution is 2.23. The van der Waals surface area contributed by atoms with E-state index >= 15 is 0 Å². The Morgan fingerprint density at radius 1 is 1.03 bits per heavy atom. The van der Waals surface area contributed by atoms with Gasteiger partial charge in [0.05, 0.1) is 17.7 Å². The van der Waals surface area contributed by atoms with Crippen LogP contribution in [0.2, 0.25) is 0 Å². The number of anilines is 4. The van der Waals surface area contributed by atoms with E-state index < -0.39 is 10.7 Å². The summed E-state index contributed by atoms with van der Waals surface area (Å²) >= 11 is 0. The number of aromatic nitrogens is 2. The average Bonchev–Trinajstić information content (AvgIpc) is 2.72. The van der Waals surface area contributed by atoms with Crippen molar-refractivity contribution in [3.8, 4) is 5.75 Å². The van der Waals surface area contributed by atoms with Crippen LogP contribution in [-0.2, 0) is 4.74 Å². The highest BCUT2D eigenvalue weighted by Gasteiger charge is 2.10. The molecule has 0 amide bonds. The molecule has 1 heterocycles. The average molecular weight is 399 g/mol.